The predicted molar refractivity (Wildman–Crippen MR) is 54.6 cm³/mol. The van der Waals surface area contributed by atoms with Crippen LogP contribution in [0.1, 0.15) is 13.8 Å². The summed E-state index contributed by atoms with van der Waals surface area (Å²) in [6.45, 7) is 4.24. The molecule has 0 fully saturated rings. The molecule has 3 nitrogen and oxygen atoms in total. The van der Waals surface area contributed by atoms with Crippen molar-refractivity contribution < 1.29 is 9.90 Å². The maximum absolute atomic E-state index is 11.4. The molecular weight excluding hydrogens is 186 g/mol. The van der Waals surface area contributed by atoms with E-state index < -0.39 is 0 Å². The molecule has 0 aromatic carbocycles. The van der Waals surface area contributed by atoms with Crippen molar-refractivity contribution in [2.75, 3.05) is 13.2 Å². The third-order valence-corrected chi connectivity index (χ3v) is 2.54. The van der Waals surface area contributed by atoms with Gasteiger partial charge in [-0.1, -0.05) is 12.2 Å². The molecule has 1 unspecified atom stereocenters. The molecule has 0 radical (unpaired) electrons. The third-order valence-electron chi connectivity index (χ3n) is 2.22. The van der Waals surface area contributed by atoms with Gasteiger partial charge in [0.2, 0.25) is 0 Å². The van der Waals surface area contributed by atoms with Crippen LogP contribution in [0.25, 0.3) is 0 Å². The lowest BCUT2D eigenvalue weighted by molar-refractivity contribution is -0.116. The zero-order valence-electron chi connectivity index (χ0n) is 7.78. The molecule has 1 rings (SSSR count). The topological polar surface area (TPSA) is 40.5 Å². The van der Waals surface area contributed by atoms with E-state index in [2.05, 4.69) is 0 Å². The van der Waals surface area contributed by atoms with Crippen LogP contribution >= 0.6 is 12.2 Å². The lowest BCUT2D eigenvalue weighted by Gasteiger charge is -2.33. The van der Waals surface area contributed by atoms with Crippen LogP contribution in [-0.2, 0) is 4.79 Å². The molecule has 0 bridgehead atoms. The fourth-order valence-electron chi connectivity index (χ4n) is 1.47. The summed E-state index contributed by atoms with van der Waals surface area (Å²) in [5.41, 5.74) is 0.950. The second kappa shape index (κ2) is 3.98. The molecule has 1 aliphatic rings. The van der Waals surface area contributed by atoms with E-state index in [9.17, 15) is 4.79 Å². The van der Waals surface area contributed by atoms with Crippen LogP contribution in [0, 0.1) is 0 Å². The van der Waals surface area contributed by atoms with E-state index in [0.717, 1.165) is 5.70 Å². The van der Waals surface area contributed by atoms with Crippen molar-refractivity contribution >= 4 is 22.9 Å². The Labute approximate surface area is 83.0 Å². The number of carbonyl (C=O) groups excluding carboxylic acids is 1. The van der Waals surface area contributed by atoms with Crippen LogP contribution < -0.4 is 0 Å². The fourth-order valence-corrected chi connectivity index (χ4v) is 1.82. The lowest BCUT2D eigenvalue weighted by atomic mass is 10.0. The summed E-state index contributed by atoms with van der Waals surface area (Å²) in [6, 6.07) is -0.232. The van der Waals surface area contributed by atoms with E-state index >= 15 is 0 Å². The second-order valence-electron chi connectivity index (χ2n) is 3.11. The number of rotatable bonds is 2. The number of carbonyl (C=O) groups is 1. The summed E-state index contributed by atoms with van der Waals surface area (Å²) in [5.74, 6) is -0.0333. The maximum Gasteiger partial charge on any atom is 0.195 e. The number of aliphatic hydroxyl groups excluding tert-OH is 1. The molecule has 0 aliphatic carbocycles. The zero-order valence-corrected chi connectivity index (χ0v) is 8.60. The van der Waals surface area contributed by atoms with Crippen molar-refractivity contribution in [3.8, 4) is 0 Å². The second-order valence-corrected chi connectivity index (χ2v) is 3.55. The minimum absolute atomic E-state index is 0.0333. The predicted octanol–water partition coefficient (Wildman–Crippen LogP) is 0.526. The van der Waals surface area contributed by atoms with Gasteiger partial charge in [0.1, 0.15) is 0 Å². The molecule has 0 aromatic rings. The third kappa shape index (κ3) is 1.95. The number of thiocarbonyl (C=S) groups is 1. The normalized spacial score (nSPS) is 23.5. The Morgan fingerprint density at radius 1 is 1.69 bits per heavy atom. The summed E-state index contributed by atoms with van der Waals surface area (Å²) in [6.07, 6.45) is 1.69. The van der Waals surface area contributed by atoms with Gasteiger partial charge in [0.05, 0.1) is 17.5 Å². The van der Waals surface area contributed by atoms with Crippen LogP contribution in [0.15, 0.2) is 11.8 Å². The molecule has 0 spiro atoms. The van der Waals surface area contributed by atoms with Gasteiger partial charge < -0.3 is 10.0 Å². The maximum atomic E-state index is 11.4. The van der Waals surface area contributed by atoms with Gasteiger partial charge in [-0.05, 0) is 19.9 Å². The van der Waals surface area contributed by atoms with E-state index in [1.54, 1.807) is 13.0 Å². The van der Waals surface area contributed by atoms with Crippen molar-refractivity contribution in [2.45, 2.75) is 19.9 Å². The highest BCUT2D eigenvalue weighted by atomic mass is 32.1. The number of Topliss-reactive ketones (excluding diaryl/α,β-unsaturated/α-hetero) is 1. The molecule has 0 aromatic heterocycles. The van der Waals surface area contributed by atoms with Gasteiger partial charge in [-0.15, -0.1) is 0 Å². The molecule has 1 heterocycles. The standard InChI is InChI=1S/C9H13NO2S/c1-6-5-8(13)9(12)7(2)10(6)3-4-11/h5,7,11H,3-4H2,1-2H3. The lowest BCUT2D eigenvalue weighted by Crippen LogP contribution is -2.45. The van der Waals surface area contributed by atoms with Gasteiger partial charge in [-0.2, -0.15) is 0 Å². The summed E-state index contributed by atoms with van der Waals surface area (Å²) >= 11 is 4.90. The van der Waals surface area contributed by atoms with Crippen LogP contribution in [0.3, 0.4) is 0 Å². The van der Waals surface area contributed by atoms with Crippen molar-refractivity contribution in [1.29, 1.82) is 0 Å². The van der Waals surface area contributed by atoms with Crippen LogP contribution in [0.4, 0.5) is 0 Å². The first-order chi connectivity index (χ1) is 6.07. The number of nitrogens with zero attached hydrogens (tertiary/aromatic N) is 1. The number of hydrogen-bond donors (Lipinski definition) is 1. The molecule has 0 saturated heterocycles. The molecule has 0 amide bonds. The Morgan fingerprint density at radius 3 is 2.85 bits per heavy atom. The van der Waals surface area contributed by atoms with Crippen molar-refractivity contribution in [3.05, 3.63) is 11.8 Å². The largest absolute Gasteiger partial charge is 0.395 e. The van der Waals surface area contributed by atoms with E-state index in [0.29, 0.717) is 11.4 Å². The highest BCUT2D eigenvalue weighted by molar-refractivity contribution is 7.82. The molecule has 72 valence electrons. The van der Waals surface area contributed by atoms with Gasteiger partial charge in [0.15, 0.2) is 5.78 Å². The van der Waals surface area contributed by atoms with E-state index in [1.807, 2.05) is 11.8 Å². The Bertz CT molecular complexity index is 273. The van der Waals surface area contributed by atoms with E-state index in [1.165, 1.54) is 0 Å². The Balaban J connectivity index is 2.90. The van der Waals surface area contributed by atoms with Crippen molar-refractivity contribution in [1.82, 2.24) is 4.90 Å². The molecular formula is C9H13NO2S. The Hall–Kier alpha value is -0.740. The minimum Gasteiger partial charge on any atom is -0.395 e. The minimum atomic E-state index is -0.232. The van der Waals surface area contributed by atoms with Gasteiger partial charge in [0, 0.05) is 12.2 Å². The van der Waals surface area contributed by atoms with Crippen molar-refractivity contribution in [2.24, 2.45) is 0 Å². The first-order valence-electron chi connectivity index (χ1n) is 4.22. The highest BCUT2D eigenvalue weighted by Crippen LogP contribution is 2.16. The van der Waals surface area contributed by atoms with Crippen LogP contribution in [0.2, 0.25) is 0 Å². The molecule has 0 saturated carbocycles. The summed E-state index contributed by atoms with van der Waals surface area (Å²) in [4.78, 5) is 13.7. The summed E-state index contributed by atoms with van der Waals surface area (Å²) < 4.78 is 0. The first-order valence-corrected chi connectivity index (χ1v) is 4.62. The van der Waals surface area contributed by atoms with E-state index in [4.69, 9.17) is 17.3 Å². The average molecular weight is 199 g/mol. The number of ketones is 1. The summed E-state index contributed by atoms with van der Waals surface area (Å²) in [7, 11) is 0. The fraction of sp³-hybridized carbons (Fsp3) is 0.556. The number of β-amino-alcohol motifs (C(OH)–C–C–N with tert-alkyl or cyclic N) is 1. The van der Waals surface area contributed by atoms with Crippen molar-refractivity contribution in [3.63, 3.8) is 0 Å². The van der Waals surface area contributed by atoms with Gasteiger partial charge in [-0.3, -0.25) is 4.79 Å². The first kappa shape index (κ1) is 10.3. The quantitative estimate of drug-likeness (QED) is 0.658. The van der Waals surface area contributed by atoms with Gasteiger partial charge >= 0.3 is 0 Å². The van der Waals surface area contributed by atoms with Crippen LogP contribution in [0.5, 0.6) is 0 Å². The monoisotopic (exact) mass is 199 g/mol. The molecule has 1 atom stereocenters. The number of allylic oxidation sites excluding steroid dienone is 2. The van der Waals surface area contributed by atoms with Crippen LogP contribution in [-0.4, -0.2) is 39.8 Å². The molecule has 1 N–H and O–H groups in total. The highest BCUT2D eigenvalue weighted by Gasteiger charge is 2.27. The SMILES string of the molecule is CC1=CC(=S)C(=O)C(C)N1CCO. The molecule has 13 heavy (non-hydrogen) atoms. The molecule has 4 heteroatoms. The summed E-state index contributed by atoms with van der Waals surface area (Å²) in [5, 5.41) is 8.79. The molecule has 1 aliphatic heterocycles. The van der Waals surface area contributed by atoms with Gasteiger partial charge in [-0.25, -0.2) is 0 Å². The van der Waals surface area contributed by atoms with Gasteiger partial charge in [0.25, 0.3) is 0 Å². The zero-order chi connectivity index (χ0) is 10.0. The average Bonchev–Trinajstić information content (AvgIpc) is 2.09. The number of hydrogen-bond acceptors (Lipinski definition) is 4. The van der Waals surface area contributed by atoms with E-state index in [-0.39, 0.29) is 18.4 Å². The Morgan fingerprint density at radius 2 is 2.31 bits per heavy atom. The Kier molecular flexibility index (Phi) is 3.17. The smallest absolute Gasteiger partial charge is 0.195 e. The number of aliphatic hydroxyl groups is 1.